The van der Waals surface area contributed by atoms with E-state index in [0.717, 1.165) is 74.8 Å². The zero-order valence-electron chi connectivity index (χ0n) is 53.2. The lowest BCUT2D eigenvalue weighted by molar-refractivity contribution is 0.268. The maximum absolute atomic E-state index is 10.5. The van der Waals surface area contributed by atoms with Gasteiger partial charge in [0.15, 0.2) is 0 Å². The van der Waals surface area contributed by atoms with Gasteiger partial charge in [-0.05, 0) is 246 Å². The smallest absolute Gasteiger partial charge is 0.122 e. The van der Waals surface area contributed by atoms with E-state index in [0.29, 0.717) is 87.9 Å². The normalized spacial score (nSPS) is 20.5. The third-order valence-corrected chi connectivity index (χ3v) is 21.7. The fourth-order valence-corrected chi connectivity index (χ4v) is 13.9. The van der Waals surface area contributed by atoms with Gasteiger partial charge in [0.1, 0.15) is 28.7 Å². The second-order valence-electron chi connectivity index (χ2n) is 28.3. The first-order chi connectivity index (χ1) is 39.2. The maximum atomic E-state index is 10.5. The predicted molar refractivity (Wildman–Crippen MR) is 345 cm³/mol. The predicted octanol–water partition coefficient (Wildman–Crippen LogP) is 22.1. The standard InChI is InChI=1S/2C16H22O.3C15H22O/c2*1-10(12-6-7-12)14-4-3-5-15(16(14)17)11(2)13-8-9-13;3*1-10(2)13-8-5-9-14(15(13)16)11(3)12-6-4-7-12/h2*3-5,10-13,17H,6-9H2,1-2H3;3*5,8-12,16H,4,6-7H2,1-3H3/t2*10-,11?;2*11-;/m1010./s1. The molecule has 5 nitrogen and oxygen atoms in total. The number of hydrogen-bond acceptors (Lipinski definition) is 5. The Kier molecular flexibility index (Phi) is 21.8. The van der Waals surface area contributed by atoms with Crippen LogP contribution in [0.1, 0.15) is 314 Å². The van der Waals surface area contributed by atoms with Crippen LogP contribution in [-0.2, 0) is 0 Å². The molecule has 5 aromatic carbocycles. The van der Waals surface area contributed by atoms with Gasteiger partial charge in [0, 0.05) is 0 Å². The summed E-state index contributed by atoms with van der Waals surface area (Å²) in [7, 11) is 0. The van der Waals surface area contributed by atoms with Crippen LogP contribution in [-0.4, -0.2) is 25.5 Å². The van der Waals surface area contributed by atoms with Crippen molar-refractivity contribution in [3.05, 3.63) is 147 Å². The van der Waals surface area contributed by atoms with E-state index >= 15 is 0 Å². The van der Waals surface area contributed by atoms with Crippen LogP contribution in [0.5, 0.6) is 28.7 Å². The molecule has 5 aromatic rings. The van der Waals surface area contributed by atoms with E-state index in [4.69, 9.17) is 0 Å². The Hall–Kier alpha value is -4.90. The molecule has 0 heterocycles. The van der Waals surface area contributed by atoms with Crippen LogP contribution in [0.15, 0.2) is 91.0 Å². The quantitative estimate of drug-likeness (QED) is 0.0639. The minimum atomic E-state index is 0.397. The first kappa shape index (κ1) is 63.1. The third kappa shape index (κ3) is 15.5. The number of para-hydroxylation sites is 5. The highest BCUT2D eigenvalue weighted by molar-refractivity contribution is 5.48. The van der Waals surface area contributed by atoms with Crippen LogP contribution >= 0.6 is 0 Å². The topological polar surface area (TPSA) is 101 Å². The Balaban J connectivity index is 0.000000134. The average molecular weight is 1120 g/mol. The molecule has 5 N–H and O–H groups in total. The molecule has 7 aliphatic carbocycles. The summed E-state index contributed by atoms with van der Waals surface area (Å²) >= 11 is 0. The highest BCUT2D eigenvalue weighted by Gasteiger charge is 2.36. The lowest BCUT2D eigenvalue weighted by Gasteiger charge is -2.32. The van der Waals surface area contributed by atoms with Crippen molar-refractivity contribution < 1.29 is 25.5 Å². The van der Waals surface area contributed by atoms with Crippen molar-refractivity contribution in [2.24, 2.45) is 41.4 Å². The van der Waals surface area contributed by atoms with Gasteiger partial charge in [0.25, 0.3) is 0 Å². The van der Waals surface area contributed by atoms with E-state index in [1.807, 2.05) is 18.2 Å². The van der Waals surface area contributed by atoms with Crippen molar-refractivity contribution in [1.82, 2.24) is 0 Å². The van der Waals surface area contributed by atoms with Crippen molar-refractivity contribution in [2.45, 2.75) is 258 Å². The molecule has 7 aliphatic rings. The summed E-state index contributed by atoms with van der Waals surface area (Å²) in [6.07, 6.45) is 22.7. The highest BCUT2D eigenvalue weighted by Crippen LogP contribution is 2.52. The van der Waals surface area contributed by atoms with Gasteiger partial charge >= 0.3 is 0 Å². The second kappa shape index (κ2) is 28.3. The van der Waals surface area contributed by atoms with Crippen LogP contribution in [0.2, 0.25) is 0 Å². The molecule has 0 bridgehead atoms. The summed E-state index contributed by atoms with van der Waals surface area (Å²) in [5.74, 6) is 13.2. The van der Waals surface area contributed by atoms with E-state index in [9.17, 15) is 25.5 Å². The largest absolute Gasteiger partial charge is 0.507 e. The highest BCUT2D eigenvalue weighted by atomic mass is 16.3. The molecule has 0 aromatic heterocycles. The Bertz CT molecular complexity index is 2480. The molecule has 0 saturated heterocycles. The average Bonchev–Trinajstić information content (AvgIpc) is 4.23. The molecule has 7 fully saturated rings. The maximum Gasteiger partial charge on any atom is 0.122 e. The Morgan fingerprint density at radius 3 is 0.476 bits per heavy atom. The number of hydrogen-bond donors (Lipinski definition) is 5. The van der Waals surface area contributed by atoms with E-state index in [-0.39, 0.29) is 0 Å². The first-order valence-corrected chi connectivity index (χ1v) is 33.3. The summed E-state index contributed by atoms with van der Waals surface area (Å²) in [6.45, 7) is 28.6. The minimum absolute atomic E-state index is 0.397. The van der Waals surface area contributed by atoms with Crippen molar-refractivity contribution in [2.75, 3.05) is 0 Å². The fraction of sp³-hybridized carbons (Fsp3) is 0.610. The fourth-order valence-electron chi connectivity index (χ4n) is 13.9. The van der Waals surface area contributed by atoms with Crippen molar-refractivity contribution in [3.63, 3.8) is 0 Å². The molecular formula is C77H110O5. The van der Waals surface area contributed by atoms with Gasteiger partial charge in [0.2, 0.25) is 0 Å². The Morgan fingerprint density at radius 2 is 0.354 bits per heavy atom. The molecule has 0 aliphatic heterocycles. The van der Waals surface area contributed by atoms with Gasteiger partial charge in [-0.2, -0.15) is 0 Å². The monoisotopic (exact) mass is 1110 g/mol. The number of phenols is 5. The molecule has 0 spiro atoms. The summed E-state index contributed by atoms with van der Waals surface area (Å²) in [5, 5.41) is 51.9. The van der Waals surface area contributed by atoms with Gasteiger partial charge in [0.05, 0.1) is 0 Å². The summed E-state index contributed by atoms with van der Waals surface area (Å²) in [6, 6.07) is 31.3. The lowest BCUT2D eigenvalue weighted by atomic mass is 9.73. The van der Waals surface area contributed by atoms with E-state index in [1.165, 1.54) is 131 Å². The van der Waals surface area contributed by atoms with E-state index in [1.54, 1.807) is 0 Å². The van der Waals surface area contributed by atoms with Crippen LogP contribution in [0.4, 0.5) is 0 Å². The van der Waals surface area contributed by atoms with Crippen LogP contribution in [0.3, 0.4) is 0 Å². The molecule has 448 valence electrons. The van der Waals surface area contributed by atoms with Crippen LogP contribution in [0.25, 0.3) is 0 Å². The Labute approximate surface area is 498 Å². The number of aromatic hydroxyl groups is 5. The van der Waals surface area contributed by atoms with Gasteiger partial charge in [-0.15, -0.1) is 0 Å². The zero-order valence-corrected chi connectivity index (χ0v) is 53.2. The summed E-state index contributed by atoms with van der Waals surface area (Å²) in [5.41, 5.74) is 11.4. The molecule has 7 atom stereocenters. The molecule has 3 unspecified atom stereocenters. The SMILES string of the molecule is CC(C)c1cccc(C(C)C2CCC2)c1O.CC(C)c1cccc([C@@H](C)C2CCC2)c1O.CC(C)c1cccc([C@H](C)C2CCC2)c1O.CC(c1cccc([C@@H](C)C2CC2)c1O)C1CC1.CC(c1cccc([C@H](C)C2CC2)c1O)C1CC1. The molecule has 7 saturated carbocycles. The molecular weight excluding hydrogens is 1000 g/mol. The van der Waals surface area contributed by atoms with Crippen molar-refractivity contribution in [1.29, 1.82) is 0 Å². The number of rotatable bonds is 17. The Morgan fingerprint density at radius 1 is 0.220 bits per heavy atom. The van der Waals surface area contributed by atoms with Crippen LogP contribution < -0.4 is 0 Å². The van der Waals surface area contributed by atoms with Gasteiger partial charge in [-0.1, -0.05) is 200 Å². The first-order valence-electron chi connectivity index (χ1n) is 33.3. The summed E-state index contributed by atoms with van der Waals surface area (Å²) < 4.78 is 0. The van der Waals surface area contributed by atoms with Gasteiger partial charge in [-0.25, -0.2) is 0 Å². The summed E-state index contributed by atoms with van der Waals surface area (Å²) in [4.78, 5) is 0. The van der Waals surface area contributed by atoms with Crippen molar-refractivity contribution >= 4 is 0 Å². The molecule has 0 radical (unpaired) electrons. The second-order valence-corrected chi connectivity index (χ2v) is 28.3. The van der Waals surface area contributed by atoms with Gasteiger partial charge in [-0.3, -0.25) is 0 Å². The molecule has 0 amide bonds. The molecule has 5 heteroatoms. The van der Waals surface area contributed by atoms with E-state index < -0.39 is 0 Å². The zero-order chi connectivity index (χ0) is 59.1. The van der Waals surface area contributed by atoms with Crippen molar-refractivity contribution in [3.8, 4) is 28.7 Å². The molecule has 82 heavy (non-hydrogen) atoms. The number of benzene rings is 5. The van der Waals surface area contributed by atoms with Gasteiger partial charge < -0.3 is 25.5 Å². The van der Waals surface area contributed by atoms with E-state index in [2.05, 4.69) is 163 Å². The van der Waals surface area contributed by atoms with Crippen LogP contribution in [0, 0.1) is 41.4 Å². The molecule has 12 rings (SSSR count). The minimum Gasteiger partial charge on any atom is -0.507 e. The number of phenolic OH excluding ortho intramolecular Hbond substituents is 5. The third-order valence-electron chi connectivity index (χ3n) is 21.7. The lowest BCUT2D eigenvalue weighted by Crippen LogP contribution is -2.18.